The Kier molecular flexibility index (Phi) is 5.50. The van der Waals surface area contributed by atoms with Crippen LogP contribution in [0, 0.1) is 6.92 Å². The Balaban J connectivity index is 3.73. The molecule has 0 aromatic carbocycles. The first-order valence-corrected chi connectivity index (χ1v) is 4.79. The molecule has 1 N–H and O–H groups in total. The number of rotatable bonds is 3. The molecule has 0 rings (SSSR count). The molecule has 0 fully saturated rings. The van der Waals surface area contributed by atoms with E-state index in [1.807, 2.05) is 6.92 Å². The fraction of sp³-hybridized carbons (Fsp3) is 0.571. The topological polar surface area (TPSA) is 29.1 Å². The third-order valence-electron chi connectivity index (χ3n) is 0.960. The summed E-state index contributed by atoms with van der Waals surface area (Å²) in [6, 6.07) is 0. The Bertz CT molecular complexity index is 159. The highest BCUT2D eigenvalue weighted by Gasteiger charge is 2.08. The molecule has 0 spiro atoms. The fourth-order valence-corrected chi connectivity index (χ4v) is 1.49. The molecule has 0 bridgehead atoms. The molecule has 0 aliphatic heterocycles. The first-order valence-electron chi connectivity index (χ1n) is 3.34. The molecule has 0 saturated carbocycles. The quantitative estimate of drug-likeness (QED) is 0.682. The van der Waals surface area contributed by atoms with E-state index in [-0.39, 0.29) is 11.2 Å². The van der Waals surface area contributed by atoms with Crippen molar-refractivity contribution in [3.05, 3.63) is 6.92 Å². The highest BCUT2D eigenvalue weighted by molar-refractivity contribution is 8.01. The lowest BCUT2D eigenvalue weighted by Crippen LogP contribution is -2.32. The van der Waals surface area contributed by atoms with E-state index >= 15 is 0 Å². The van der Waals surface area contributed by atoms with Crippen molar-refractivity contribution in [1.82, 2.24) is 5.32 Å². The molecule has 1 unspecified atom stereocenters. The van der Waals surface area contributed by atoms with Gasteiger partial charge in [0, 0.05) is 6.92 Å². The van der Waals surface area contributed by atoms with Gasteiger partial charge in [-0.15, -0.1) is 0 Å². The summed E-state index contributed by atoms with van der Waals surface area (Å²) >= 11 is 6.52. The van der Waals surface area contributed by atoms with Gasteiger partial charge in [0.1, 0.15) is 0 Å². The minimum absolute atomic E-state index is 0.0149. The normalized spacial score (nSPS) is 12.3. The molecule has 11 heavy (non-hydrogen) atoms. The molecule has 2 nitrogen and oxygen atoms in total. The van der Waals surface area contributed by atoms with Crippen molar-refractivity contribution in [2.75, 3.05) is 5.75 Å². The van der Waals surface area contributed by atoms with Gasteiger partial charge in [-0.25, -0.2) is 0 Å². The fourth-order valence-electron chi connectivity index (χ4n) is 0.531. The van der Waals surface area contributed by atoms with Gasteiger partial charge in [0.05, 0.1) is 10.2 Å². The number of hydrogen-bond donors (Lipinski definition) is 1. The van der Waals surface area contributed by atoms with Gasteiger partial charge in [0.15, 0.2) is 0 Å². The van der Waals surface area contributed by atoms with Crippen molar-refractivity contribution in [3.63, 3.8) is 0 Å². The van der Waals surface area contributed by atoms with E-state index < -0.39 is 0 Å². The molecule has 0 heterocycles. The number of nitrogens with one attached hydrogen (secondary N) is 1. The summed E-state index contributed by atoms with van der Waals surface area (Å²) in [5.74, 6) is 0.828. The summed E-state index contributed by atoms with van der Waals surface area (Å²) in [6.07, 6.45) is 0. The first-order chi connectivity index (χ1) is 5.07. The van der Waals surface area contributed by atoms with Crippen molar-refractivity contribution in [2.24, 2.45) is 0 Å². The van der Waals surface area contributed by atoms with Crippen LogP contribution in [0.25, 0.3) is 0 Å². The lowest BCUT2D eigenvalue weighted by Gasteiger charge is -2.10. The second-order valence-corrected chi connectivity index (χ2v) is 3.91. The molecule has 0 aromatic rings. The SMILES string of the molecule is [CH2]C(SCC)C(=S)NC(C)=O. The number of carbonyl (C=O) groups excluding carboxylic acids is 1. The maximum Gasteiger partial charge on any atom is 0.221 e. The van der Waals surface area contributed by atoms with Crippen molar-refractivity contribution in [3.8, 4) is 0 Å². The summed E-state index contributed by atoms with van der Waals surface area (Å²) in [7, 11) is 0. The van der Waals surface area contributed by atoms with Crippen LogP contribution in [0.5, 0.6) is 0 Å². The summed E-state index contributed by atoms with van der Waals surface area (Å²) in [4.78, 5) is 11.0. The molecular weight excluding hydrogens is 178 g/mol. The van der Waals surface area contributed by atoms with Crippen molar-refractivity contribution in [2.45, 2.75) is 19.1 Å². The Morgan fingerprint density at radius 3 is 2.73 bits per heavy atom. The number of carbonyl (C=O) groups is 1. The Morgan fingerprint density at radius 1 is 1.82 bits per heavy atom. The van der Waals surface area contributed by atoms with Crippen LogP contribution in [-0.2, 0) is 4.79 Å². The summed E-state index contributed by atoms with van der Waals surface area (Å²) in [5.41, 5.74) is 0. The van der Waals surface area contributed by atoms with Gasteiger partial charge < -0.3 is 5.32 Å². The van der Waals surface area contributed by atoms with E-state index in [4.69, 9.17) is 12.2 Å². The van der Waals surface area contributed by atoms with Crippen LogP contribution in [-0.4, -0.2) is 21.9 Å². The minimum Gasteiger partial charge on any atom is -0.320 e. The molecule has 63 valence electrons. The monoisotopic (exact) mass is 190 g/mol. The van der Waals surface area contributed by atoms with Gasteiger partial charge in [0.25, 0.3) is 0 Å². The van der Waals surface area contributed by atoms with Crippen LogP contribution >= 0.6 is 24.0 Å². The van der Waals surface area contributed by atoms with E-state index in [0.29, 0.717) is 4.99 Å². The Labute approximate surface area is 77.1 Å². The number of hydrogen-bond acceptors (Lipinski definition) is 3. The lowest BCUT2D eigenvalue weighted by molar-refractivity contribution is -0.117. The highest BCUT2D eigenvalue weighted by Crippen LogP contribution is 2.09. The lowest BCUT2D eigenvalue weighted by atomic mass is 10.4. The van der Waals surface area contributed by atoms with Crippen molar-refractivity contribution < 1.29 is 4.79 Å². The van der Waals surface area contributed by atoms with Crippen LogP contribution in [0.3, 0.4) is 0 Å². The van der Waals surface area contributed by atoms with Crippen LogP contribution in [0.2, 0.25) is 0 Å². The van der Waals surface area contributed by atoms with Crippen LogP contribution < -0.4 is 5.32 Å². The summed E-state index contributed by atoms with van der Waals surface area (Å²) in [6.45, 7) is 7.25. The zero-order valence-corrected chi connectivity index (χ0v) is 8.35. The van der Waals surface area contributed by atoms with Gasteiger partial charge in [0.2, 0.25) is 5.91 Å². The van der Waals surface area contributed by atoms with E-state index in [1.165, 1.54) is 6.92 Å². The first kappa shape index (κ1) is 10.9. The predicted molar refractivity (Wildman–Crippen MR) is 53.7 cm³/mol. The molecule has 1 atom stereocenters. The third kappa shape index (κ3) is 5.21. The minimum atomic E-state index is -0.125. The number of thiocarbonyl (C=S) groups is 1. The highest BCUT2D eigenvalue weighted by atomic mass is 32.2. The van der Waals surface area contributed by atoms with Gasteiger partial charge in [-0.2, -0.15) is 11.8 Å². The predicted octanol–water partition coefficient (Wildman–Crippen LogP) is 1.41. The van der Waals surface area contributed by atoms with Crippen molar-refractivity contribution in [1.29, 1.82) is 0 Å². The smallest absolute Gasteiger partial charge is 0.221 e. The van der Waals surface area contributed by atoms with E-state index in [1.54, 1.807) is 11.8 Å². The van der Waals surface area contributed by atoms with Gasteiger partial charge >= 0.3 is 0 Å². The second-order valence-electron chi connectivity index (χ2n) is 1.99. The van der Waals surface area contributed by atoms with Gasteiger partial charge in [-0.3, -0.25) is 4.79 Å². The second kappa shape index (κ2) is 5.55. The van der Waals surface area contributed by atoms with Crippen LogP contribution in [0.15, 0.2) is 0 Å². The Hall–Kier alpha value is -0.0900. The van der Waals surface area contributed by atoms with E-state index in [2.05, 4.69) is 12.2 Å². The molecule has 0 saturated heterocycles. The maximum atomic E-state index is 10.5. The van der Waals surface area contributed by atoms with Gasteiger partial charge in [-0.1, -0.05) is 19.1 Å². The van der Waals surface area contributed by atoms with Crippen LogP contribution in [0.4, 0.5) is 0 Å². The van der Waals surface area contributed by atoms with Crippen molar-refractivity contribution >= 4 is 34.9 Å². The van der Waals surface area contributed by atoms with Crippen LogP contribution in [0.1, 0.15) is 13.8 Å². The number of thioether (sulfide) groups is 1. The largest absolute Gasteiger partial charge is 0.320 e. The van der Waals surface area contributed by atoms with E-state index in [9.17, 15) is 4.79 Å². The summed E-state index contributed by atoms with van der Waals surface area (Å²) < 4.78 is 0. The Morgan fingerprint density at radius 2 is 2.36 bits per heavy atom. The summed E-state index contributed by atoms with van der Waals surface area (Å²) in [5, 5.41) is 2.52. The zero-order valence-electron chi connectivity index (χ0n) is 6.72. The number of amides is 1. The molecule has 0 aromatic heterocycles. The zero-order chi connectivity index (χ0) is 8.85. The molecular formula is C7H12NOS2. The average molecular weight is 190 g/mol. The average Bonchev–Trinajstić information content (AvgIpc) is 1.86. The molecule has 1 radical (unpaired) electrons. The third-order valence-corrected chi connectivity index (χ3v) is 2.47. The maximum absolute atomic E-state index is 10.5. The van der Waals surface area contributed by atoms with Gasteiger partial charge in [-0.05, 0) is 12.7 Å². The standard InChI is InChI=1S/C7H12NOS2/c1-4-11-5(2)7(10)8-6(3)9/h5H,2,4H2,1,3H3,(H,8,9,10). The molecule has 0 aliphatic rings. The molecule has 1 amide bonds. The van der Waals surface area contributed by atoms with E-state index in [0.717, 1.165) is 5.75 Å². The molecule has 4 heteroatoms. The molecule has 0 aliphatic carbocycles.